The number of carboxylic acids is 1. The van der Waals surface area contributed by atoms with Crippen molar-refractivity contribution in [3.8, 4) is 0 Å². The third-order valence-corrected chi connectivity index (χ3v) is 13.2. The minimum absolute atomic E-state index is 0.103. The lowest BCUT2D eigenvalue weighted by Gasteiger charge is -2.74. The van der Waals surface area contributed by atoms with Gasteiger partial charge in [0.15, 0.2) is 6.10 Å². The highest BCUT2D eigenvalue weighted by atomic mass is 16.4. The fourth-order valence-electron chi connectivity index (χ4n) is 10.5. The summed E-state index contributed by atoms with van der Waals surface area (Å²) in [6, 6.07) is 0. The van der Waals surface area contributed by atoms with E-state index in [0.29, 0.717) is 34.0 Å². The van der Waals surface area contributed by atoms with E-state index < -0.39 is 12.1 Å². The Kier molecular flexibility index (Phi) is 5.96. The Hall–Kier alpha value is -0.570. The molecule has 0 aromatic heterocycles. The van der Waals surface area contributed by atoms with Crippen molar-refractivity contribution in [3.05, 3.63) is 0 Å². The summed E-state index contributed by atoms with van der Waals surface area (Å²) in [7, 11) is 0. The minimum Gasteiger partial charge on any atom is -0.479 e. The first-order valence-corrected chi connectivity index (χ1v) is 14.0. The maximum Gasteiger partial charge on any atom is 0.332 e. The molecule has 0 spiro atoms. The number of fused-ring (bicyclic) bond motifs is 5. The summed E-state index contributed by atoms with van der Waals surface area (Å²) in [5, 5.41) is 20.1. The number of carboxylic acid groups (broad SMARTS) is 1. The zero-order chi connectivity index (χ0) is 24.7. The lowest BCUT2D eigenvalue weighted by atomic mass is 9.31. The molecule has 4 rings (SSSR count). The van der Waals surface area contributed by atoms with Crippen molar-refractivity contribution >= 4 is 5.97 Å². The molecule has 4 saturated carbocycles. The Bertz CT molecular complexity index is 789. The molecule has 0 amide bonds. The number of aliphatic hydroxyl groups is 1. The molecule has 190 valence electrons. The van der Waals surface area contributed by atoms with Gasteiger partial charge in [-0.25, -0.2) is 4.79 Å². The van der Waals surface area contributed by atoms with Crippen molar-refractivity contribution in [3.63, 3.8) is 0 Å². The van der Waals surface area contributed by atoms with E-state index in [-0.39, 0.29) is 16.7 Å². The summed E-state index contributed by atoms with van der Waals surface area (Å²) in [6.45, 7) is 20.0. The Labute approximate surface area is 203 Å². The predicted molar refractivity (Wildman–Crippen MR) is 135 cm³/mol. The zero-order valence-electron chi connectivity index (χ0n) is 22.9. The third kappa shape index (κ3) is 3.56. The van der Waals surface area contributed by atoms with Crippen LogP contribution in [-0.2, 0) is 4.79 Å². The first kappa shape index (κ1) is 25.5. The van der Waals surface area contributed by atoms with Gasteiger partial charge in [-0.1, -0.05) is 61.8 Å². The molecule has 0 bridgehead atoms. The van der Waals surface area contributed by atoms with Crippen LogP contribution in [0.3, 0.4) is 0 Å². The quantitative estimate of drug-likeness (QED) is 0.452. The van der Waals surface area contributed by atoms with Gasteiger partial charge in [0.2, 0.25) is 0 Å². The number of aliphatic hydroxyl groups excluding tert-OH is 1. The molecule has 2 N–H and O–H groups in total. The van der Waals surface area contributed by atoms with Crippen LogP contribution in [0.2, 0.25) is 0 Å². The van der Waals surface area contributed by atoms with Crippen LogP contribution in [0.15, 0.2) is 0 Å². The van der Waals surface area contributed by atoms with Crippen LogP contribution < -0.4 is 0 Å². The van der Waals surface area contributed by atoms with E-state index in [0.717, 1.165) is 12.3 Å². The molecule has 0 aliphatic heterocycles. The summed E-state index contributed by atoms with van der Waals surface area (Å²) < 4.78 is 0. The number of carbonyl (C=O) groups is 1. The molecule has 33 heavy (non-hydrogen) atoms. The van der Waals surface area contributed by atoms with Crippen molar-refractivity contribution in [1.82, 2.24) is 0 Å². The molecule has 0 radical (unpaired) electrons. The first-order valence-electron chi connectivity index (χ1n) is 14.0. The monoisotopic (exact) mass is 460 g/mol. The molecule has 4 aliphatic carbocycles. The lowest BCUT2D eigenvalue weighted by Crippen LogP contribution is -2.66. The second kappa shape index (κ2) is 7.71. The molecule has 9 unspecified atom stereocenters. The number of aliphatic carboxylic acids is 1. The molecule has 0 aromatic carbocycles. The molecular formula is C30H52O3. The summed E-state index contributed by atoms with van der Waals surface area (Å²) in [4.78, 5) is 11.7. The second-order valence-electron chi connectivity index (χ2n) is 15.2. The van der Waals surface area contributed by atoms with E-state index in [1.165, 1.54) is 57.8 Å². The van der Waals surface area contributed by atoms with Gasteiger partial charge in [-0.05, 0) is 114 Å². The molecule has 3 nitrogen and oxygen atoms in total. The average molecular weight is 461 g/mol. The molecule has 9 atom stereocenters. The van der Waals surface area contributed by atoms with E-state index in [1.54, 1.807) is 0 Å². The van der Waals surface area contributed by atoms with Gasteiger partial charge in [-0.15, -0.1) is 0 Å². The smallest absolute Gasteiger partial charge is 0.332 e. The van der Waals surface area contributed by atoms with Gasteiger partial charge in [0.05, 0.1) is 0 Å². The first-order chi connectivity index (χ1) is 15.1. The normalized spacial score (nSPS) is 52.2. The molecular weight excluding hydrogens is 408 g/mol. The molecule has 3 heteroatoms. The van der Waals surface area contributed by atoms with E-state index in [9.17, 15) is 15.0 Å². The Morgan fingerprint density at radius 2 is 1.42 bits per heavy atom. The summed E-state index contributed by atoms with van der Waals surface area (Å²) in [5.74, 6) is 0.602. The van der Waals surface area contributed by atoms with Gasteiger partial charge in [-0.2, -0.15) is 0 Å². The molecule has 4 aliphatic rings. The maximum atomic E-state index is 11.7. The topological polar surface area (TPSA) is 57.5 Å². The van der Waals surface area contributed by atoms with Crippen LogP contribution in [0.25, 0.3) is 0 Å². The zero-order valence-corrected chi connectivity index (χ0v) is 22.9. The van der Waals surface area contributed by atoms with Crippen molar-refractivity contribution in [2.75, 3.05) is 0 Å². The van der Waals surface area contributed by atoms with Gasteiger partial charge in [0.1, 0.15) is 0 Å². The molecule has 0 saturated heterocycles. The summed E-state index contributed by atoms with van der Waals surface area (Å²) in [6.07, 6.45) is 11.8. The van der Waals surface area contributed by atoms with Crippen LogP contribution in [0.4, 0.5) is 0 Å². The van der Waals surface area contributed by atoms with Crippen molar-refractivity contribution in [1.29, 1.82) is 0 Å². The van der Waals surface area contributed by atoms with Gasteiger partial charge in [-0.3, -0.25) is 0 Å². The van der Waals surface area contributed by atoms with Crippen LogP contribution >= 0.6 is 0 Å². The number of rotatable bonds is 4. The Morgan fingerprint density at radius 1 is 0.848 bits per heavy atom. The standard InChI is InChI=1S/C30H52O3/c1-9-26(4)11-10-21-28(6,22(26)18-20(31)24(32)33)15-17-30(8)23-19-25(2,3)12-13-27(23,5)14-16-29(21,30)7/h20-23,31H,9-19H2,1-8H3,(H,32,33). The van der Waals surface area contributed by atoms with E-state index in [4.69, 9.17) is 0 Å². The highest BCUT2D eigenvalue weighted by Crippen LogP contribution is 2.77. The summed E-state index contributed by atoms with van der Waals surface area (Å²) >= 11 is 0. The fraction of sp³-hybridized carbons (Fsp3) is 0.967. The Balaban J connectivity index is 1.75. The van der Waals surface area contributed by atoms with E-state index >= 15 is 0 Å². The fourth-order valence-corrected chi connectivity index (χ4v) is 10.5. The van der Waals surface area contributed by atoms with Crippen LogP contribution in [0.5, 0.6) is 0 Å². The SMILES string of the molecule is CCC1(C)CCC2C(C)(CCC3(C)C4CC(C)(C)CCC4(C)CCC23C)C1CC(O)C(=O)O. The molecule has 0 aromatic rings. The van der Waals surface area contributed by atoms with Crippen LogP contribution in [0, 0.1) is 50.2 Å². The maximum absolute atomic E-state index is 11.7. The van der Waals surface area contributed by atoms with Crippen LogP contribution in [0.1, 0.15) is 126 Å². The lowest BCUT2D eigenvalue weighted by molar-refractivity contribution is -0.253. The minimum atomic E-state index is -1.24. The highest BCUT2D eigenvalue weighted by Gasteiger charge is 2.69. The third-order valence-electron chi connectivity index (χ3n) is 13.2. The number of hydrogen-bond donors (Lipinski definition) is 2. The second-order valence-corrected chi connectivity index (χ2v) is 15.2. The van der Waals surface area contributed by atoms with Gasteiger partial charge < -0.3 is 10.2 Å². The molecule has 0 heterocycles. The largest absolute Gasteiger partial charge is 0.479 e. The van der Waals surface area contributed by atoms with Gasteiger partial charge in [0, 0.05) is 0 Å². The highest BCUT2D eigenvalue weighted by molar-refractivity contribution is 5.71. The number of hydrogen-bond acceptors (Lipinski definition) is 2. The van der Waals surface area contributed by atoms with Gasteiger partial charge >= 0.3 is 5.97 Å². The van der Waals surface area contributed by atoms with Crippen molar-refractivity contribution < 1.29 is 15.0 Å². The van der Waals surface area contributed by atoms with Gasteiger partial charge in [0.25, 0.3) is 0 Å². The van der Waals surface area contributed by atoms with Crippen LogP contribution in [-0.4, -0.2) is 22.3 Å². The summed E-state index contributed by atoms with van der Waals surface area (Å²) in [5.41, 5.74) is 1.76. The average Bonchev–Trinajstić information content (AvgIpc) is 2.73. The predicted octanol–water partition coefficient (Wildman–Crippen LogP) is 7.70. The van der Waals surface area contributed by atoms with E-state index in [1.807, 2.05) is 0 Å². The van der Waals surface area contributed by atoms with E-state index in [2.05, 4.69) is 55.4 Å². The Morgan fingerprint density at radius 3 is 2.03 bits per heavy atom. The van der Waals surface area contributed by atoms with Crippen molar-refractivity contribution in [2.24, 2.45) is 50.2 Å². The van der Waals surface area contributed by atoms with Crippen molar-refractivity contribution in [2.45, 2.75) is 132 Å². The molecule has 4 fully saturated rings.